The van der Waals surface area contributed by atoms with Crippen molar-refractivity contribution in [2.75, 3.05) is 0 Å². The minimum Gasteiger partial charge on any atom is -0.457 e. The van der Waals surface area contributed by atoms with Crippen LogP contribution in [0.5, 0.6) is 0 Å². The van der Waals surface area contributed by atoms with Gasteiger partial charge in [0, 0.05) is 18.0 Å². The summed E-state index contributed by atoms with van der Waals surface area (Å²) in [6, 6.07) is 11.2. The minimum atomic E-state index is -1.06. The van der Waals surface area contributed by atoms with Gasteiger partial charge in [-0.15, -0.1) is 0 Å². The Balaban J connectivity index is 1.88. The fourth-order valence-corrected chi connectivity index (χ4v) is 3.14. The summed E-state index contributed by atoms with van der Waals surface area (Å²) in [5.74, 6) is -4.02. The summed E-state index contributed by atoms with van der Waals surface area (Å²) in [5.41, 5.74) is 2.27. The molecule has 0 aliphatic carbocycles. The van der Waals surface area contributed by atoms with Gasteiger partial charge in [0.05, 0.1) is 5.57 Å². The number of amides is 1. The predicted octanol–water partition coefficient (Wildman–Crippen LogP) is 3.89. The normalized spacial score (nSPS) is 16.9. The summed E-state index contributed by atoms with van der Waals surface area (Å²) in [4.78, 5) is 24.6. The second kappa shape index (κ2) is 7.70. The first kappa shape index (κ1) is 18.8. The summed E-state index contributed by atoms with van der Waals surface area (Å²) in [6.07, 6.45) is -0.160. The van der Waals surface area contributed by atoms with Crippen molar-refractivity contribution in [1.29, 1.82) is 0 Å². The van der Waals surface area contributed by atoms with Crippen LogP contribution in [0, 0.1) is 18.6 Å². The summed E-state index contributed by atoms with van der Waals surface area (Å²) in [5, 5.41) is 2.57. The van der Waals surface area contributed by atoms with Crippen molar-refractivity contribution < 1.29 is 23.1 Å². The van der Waals surface area contributed by atoms with Gasteiger partial charge >= 0.3 is 5.97 Å². The van der Waals surface area contributed by atoms with E-state index in [1.807, 2.05) is 31.2 Å². The monoisotopic (exact) mass is 371 g/mol. The summed E-state index contributed by atoms with van der Waals surface area (Å²) < 4.78 is 33.3. The van der Waals surface area contributed by atoms with E-state index in [9.17, 15) is 18.4 Å². The van der Waals surface area contributed by atoms with Gasteiger partial charge in [-0.2, -0.15) is 0 Å². The third kappa shape index (κ3) is 4.05. The first-order chi connectivity index (χ1) is 12.9. The van der Waals surface area contributed by atoms with Crippen molar-refractivity contribution in [1.82, 2.24) is 5.32 Å². The molecule has 1 aliphatic rings. The van der Waals surface area contributed by atoms with E-state index in [-0.39, 0.29) is 35.8 Å². The highest BCUT2D eigenvalue weighted by molar-refractivity contribution is 5.95. The fourth-order valence-electron chi connectivity index (χ4n) is 3.14. The molecule has 2 aromatic rings. The number of hydrogen-bond donors (Lipinski definition) is 1. The van der Waals surface area contributed by atoms with Crippen LogP contribution in [-0.4, -0.2) is 11.9 Å². The molecular formula is C21H19F2NO3. The number of aryl methyl sites for hydroxylation is 1. The van der Waals surface area contributed by atoms with Crippen LogP contribution in [0.25, 0.3) is 0 Å². The van der Waals surface area contributed by atoms with Gasteiger partial charge in [-0.1, -0.05) is 42.0 Å². The number of carbonyl (C=O) groups excluding carboxylic acids is 2. The number of halogens is 2. The van der Waals surface area contributed by atoms with Crippen molar-refractivity contribution in [3.05, 3.63) is 82.1 Å². The Morgan fingerprint density at radius 1 is 1.15 bits per heavy atom. The second-order valence-corrected chi connectivity index (χ2v) is 6.55. The van der Waals surface area contributed by atoms with Crippen molar-refractivity contribution >= 4 is 11.9 Å². The molecule has 0 fully saturated rings. The van der Waals surface area contributed by atoms with Crippen LogP contribution in [-0.2, 0) is 20.9 Å². The molecule has 27 heavy (non-hydrogen) atoms. The summed E-state index contributed by atoms with van der Waals surface area (Å²) >= 11 is 0. The number of hydrogen-bond acceptors (Lipinski definition) is 3. The van der Waals surface area contributed by atoms with Crippen LogP contribution in [0.15, 0.2) is 53.7 Å². The van der Waals surface area contributed by atoms with E-state index in [0.717, 1.165) is 17.2 Å². The zero-order chi connectivity index (χ0) is 19.6. The summed E-state index contributed by atoms with van der Waals surface area (Å²) in [7, 11) is 0. The predicted molar refractivity (Wildman–Crippen MR) is 95.5 cm³/mol. The summed E-state index contributed by atoms with van der Waals surface area (Å²) in [6.45, 7) is 3.54. The highest BCUT2D eigenvalue weighted by atomic mass is 19.2. The van der Waals surface area contributed by atoms with Gasteiger partial charge in [-0.05, 0) is 31.0 Å². The van der Waals surface area contributed by atoms with Crippen LogP contribution in [0.3, 0.4) is 0 Å². The molecular weight excluding hydrogens is 352 g/mol. The van der Waals surface area contributed by atoms with E-state index in [1.165, 1.54) is 12.1 Å². The molecule has 3 rings (SSSR count). The number of benzene rings is 2. The van der Waals surface area contributed by atoms with E-state index in [4.69, 9.17) is 4.74 Å². The minimum absolute atomic E-state index is 0.0357. The van der Waals surface area contributed by atoms with E-state index in [2.05, 4.69) is 5.32 Å². The van der Waals surface area contributed by atoms with Crippen molar-refractivity contribution in [3.8, 4) is 0 Å². The third-order valence-corrected chi connectivity index (χ3v) is 4.54. The molecule has 0 saturated carbocycles. The number of rotatable bonds is 4. The molecule has 4 nitrogen and oxygen atoms in total. The molecule has 0 spiro atoms. The number of nitrogens with one attached hydrogen (secondary N) is 1. The van der Waals surface area contributed by atoms with Crippen molar-refractivity contribution in [3.63, 3.8) is 0 Å². The molecule has 0 unspecified atom stereocenters. The molecule has 1 atom stereocenters. The Morgan fingerprint density at radius 3 is 2.56 bits per heavy atom. The van der Waals surface area contributed by atoms with Crippen molar-refractivity contribution in [2.45, 2.75) is 32.8 Å². The standard InChI is InChI=1S/C21H19F2NO3/c1-12-6-8-14(9-7-12)11-27-21(26)19-13(2)24-18(25)10-16(19)15-4-3-5-17(22)20(15)23/h3-9,16H,10-11H2,1-2H3,(H,24,25)/t16-/m0/s1. The molecule has 0 radical (unpaired) electrons. The molecule has 0 bridgehead atoms. The molecule has 1 N–H and O–H groups in total. The number of esters is 1. The fraction of sp³-hybridized carbons (Fsp3) is 0.238. The molecule has 0 saturated heterocycles. The van der Waals surface area contributed by atoms with Crippen LogP contribution in [0.1, 0.15) is 36.0 Å². The maximum Gasteiger partial charge on any atom is 0.336 e. The Kier molecular flexibility index (Phi) is 5.35. The topological polar surface area (TPSA) is 55.4 Å². The van der Waals surface area contributed by atoms with E-state index in [1.54, 1.807) is 6.92 Å². The van der Waals surface area contributed by atoms with Gasteiger partial charge in [0.2, 0.25) is 5.91 Å². The molecule has 0 aromatic heterocycles. The molecule has 1 heterocycles. The molecule has 2 aromatic carbocycles. The molecule has 1 aliphatic heterocycles. The SMILES string of the molecule is CC1=C(C(=O)OCc2ccc(C)cc2)[C@H](c2cccc(F)c2F)CC(=O)N1. The van der Waals surface area contributed by atoms with Gasteiger partial charge < -0.3 is 10.1 Å². The lowest BCUT2D eigenvalue weighted by Crippen LogP contribution is -2.34. The van der Waals surface area contributed by atoms with Gasteiger partial charge in [-0.25, -0.2) is 13.6 Å². The van der Waals surface area contributed by atoms with Crippen LogP contribution < -0.4 is 5.32 Å². The third-order valence-electron chi connectivity index (χ3n) is 4.54. The first-order valence-electron chi connectivity index (χ1n) is 8.54. The zero-order valence-electron chi connectivity index (χ0n) is 15.0. The lowest BCUT2D eigenvalue weighted by Gasteiger charge is -2.27. The van der Waals surface area contributed by atoms with Crippen LogP contribution >= 0.6 is 0 Å². The lowest BCUT2D eigenvalue weighted by molar-refractivity contribution is -0.141. The van der Waals surface area contributed by atoms with Crippen LogP contribution in [0.4, 0.5) is 8.78 Å². The van der Waals surface area contributed by atoms with Gasteiger partial charge in [0.25, 0.3) is 0 Å². The van der Waals surface area contributed by atoms with E-state index >= 15 is 0 Å². The lowest BCUT2D eigenvalue weighted by atomic mass is 9.84. The molecule has 1 amide bonds. The largest absolute Gasteiger partial charge is 0.457 e. The Labute approximate surface area is 155 Å². The Morgan fingerprint density at radius 2 is 1.85 bits per heavy atom. The Hall–Kier alpha value is -3.02. The number of allylic oxidation sites excluding steroid dienone is 1. The van der Waals surface area contributed by atoms with E-state index < -0.39 is 23.5 Å². The van der Waals surface area contributed by atoms with Gasteiger partial charge in [0.1, 0.15) is 6.61 Å². The van der Waals surface area contributed by atoms with Crippen LogP contribution in [0.2, 0.25) is 0 Å². The maximum absolute atomic E-state index is 14.3. The maximum atomic E-state index is 14.3. The average molecular weight is 371 g/mol. The van der Waals surface area contributed by atoms with Crippen molar-refractivity contribution in [2.24, 2.45) is 0 Å². The quantitative estimate of drug-likeness (QED) is 0.830. The van der Waals surface area contributed by atoms with E-state index in [0.29, 0.717) is 0 Å². The highest BCUT2D eigenvalue weighted by Crippen LogP contribution is 2.35. The zero-order valence-corrected chi connectivity index (χ0v) is 15.0. The highest BCUT2D eigenvalue weighted by Gasteiger charge is 2.34. The number of carbonyl (C=O) groups is 2. The smallest absolute Gasteiger partial charge is 0.336 e. The number of ether oxygens (including phenoxy) is 1. The average Bonchev–Trinajstić information content (AvgIpc) is 2.62. The van der Waals surface area contributed by atoms with Gasteiger partial charge in [0.15, 0.2) is 11.6 Å². The Bertz CT molecular complexity index is 920. The first-order valence-corrected chi connectivity index (χ1v) is 8.54. The van der Waals surface area contributed by atoms with Gasteiger partial charge in [-0.3, -0.25) is 4.79 Å². The second-order valence-electron chi connectivity index (χ2n) is 6.55. The molecule has 6 heteroatoms. The molecule has 140 valence electrons.